The van der Waals surface area contributed by atoms with Gasteiger partial charge in [-0.1, -0.05) is 36.4 Å². The highest BCUT2D eigenvalue weighted by Crippen LogP contribution is 2.28. The molecule has 2 aromatic carbocycles. The fraction of sp³-hybridized carbons (Fsp3) is 0.250. The molecule has 1 N–H and O–H groups in total. The third-order valence-electron chi connectivity index (χ3n) is 3.58. The average molecular weight is 257 g/mol. The number of nitrogens with one attached hydrogen (secondary N) is 1. The number of hydrogen-bond acceptors (Lipinski definition) is 2. The monoisotopic (exact) mass is 257 g/mol. The van der Waals surface area contributed by atoms with Gasteiger partial charge in [-0.2, -0.15) is 0 Å². The van der Waals surface area contributed by atoms with E-state index in [-0.39, 0.29) is 11.9 Å². The molecule has 0 amide bonds. The van der Waals surface area contributed by atoms with Gasteiger partial charge < -0.3 is 10.1 Å². The minimum absolute atomic E-state index is 0.132. The van der Waals surface area contributed by atoms with Crippen LogP contribution in [-0.4, -0.2) is 7.05 Å². The van der Waals surface area contributed by atoms with E-state index in [1.165, 1.54) is 17.2 Å². The van der Waals surface area contributed by atoms with E-state index in [1.54, 1.807) is 6.07 Å². The van der Waals surface area contributed by atoms with E-state index in [4.69, 9.17) is 4.74 Å². The standard InChI is InChI=1S/C16H16FNO/c1-18-16(14-4-2-3-5-15(14)17)11-6-7-12-9-19-10-13(12)8-11/h2-8,16,18H,9-10H2,1H3. The third kappa shape index (κ3) is 2.27. The van der Waals surface area contributed by atoms with E-state index >= 15 is 0 Å². The van der Waals surface area contributed by atoms with Crippen LogP contribution in [0.15, 0.2) is 42.5 Å². The number of fused-ring (bicyclic) bond motifs is 1. The lowest BCUT2D eigenvalue weighted by atomic mass is 9.95. The summed E-state index contributed by atoms with van der Waals surface area (Å²) in [6.45, 7) is 1.33. The van der Waals surface area contributed by atoms with Crippen LogP contribution in [0.3, 0.4) is 0 Å². The molecular formula is C16H16FNO. The molecule has 3 heteroatoms. The van der Waals surface area contributed by atoms with Crippen molar-refractivity contribution < 1.29 is 9.13 Å². The zero-order chi connectivity index (χ0) is 13.2. The fourth-order valence-corrected chi connectivity index (χ4v) is 2.58. The normalized spacial score (nSPS) is 15.3. The number of ether oxygens (including phenoxy) is 1. The highest BCUT2D eigenvalue weighted by molar-refractivity contribution is 5.39. The maximum atomic E-state index is 13.9. The van der Waals surface area contributed by atoms with Gasteiger partial charge in [-0.3, -0.25) is 0 Å². The number of rotatable bonds is 3. The summed E-state index contributed by atoms with van der Waals surface area (Å²) in [5.74, 6) is -0.182. The van der Waals surface area contributed by atoms with Crippen LogP contribution < -0.4 is 5.32 Å². The van der Waals surface area contributed by atoms with Crippen LogP contribution in [-0.2, 0) is 18.0 Å². The molecule has 2 nitrogen and oxygen atoms in total. The second-order valence-corrected chi connectivity index (χ2v) is 4.76. The molecule has 0 spiro atoms. The SMILES string of the molecule is CNC(c1ccc2c(c1)COC2)c1ccccc1F. The summed E-state index contributed by atoms with van der Waals surface area (Å²) >= 11 is 0. The van der Waals surface area contributed by atoms with Crippen molar-refractivity contribution in [1.29, 1.82) is 0 Å². The maximum Gasteiger partial charge on any atom is 0.128 e. The van der Waals surface area contributed by atoms with Gasteiger partial charge in [0, 0.05) is 5.56 Å². The summed E-state index contributed by atoms with van der Waals surface area (Å²) in [6, 6.07) is 13.0. The first-order chi connectivity index (χ1) is 9.29. The first-order valence-corrected chi connectivity index (χ1v) is 6.40. The summed E-state index contributed by atoms with van der Waals surface area (Å²) in [5.41, 5.74) is 4.17. The Morgan fingerprint density at radius 3 is 2.68 bits per heavy atom. The molecule has 0 aromatic heterocycles. The molecular weight excluding hydrogens is 241 g/mol. The Hall–Kier alpha value is -1.71. The largest absolute Gasteiger partial charge is 0.372 e. The van der Waals surface area contributed by atoms with Gasteiger partial charge >= 0.3 is 0 Å². The van der Waals surface area contributed by atoms with E-state index in [0.717, 1.165) is 5.56 Å². The molecule has 1 atom stereocenters. The molecule has 2 aromatic rings. The first-order valence-electron chi connectivity index (χ1n) is 6.40. The molecule has 0 radical (unpaired) electrons. The Morgan fingerprint density at radius 1 is 1.11 bits per heavy atom. The van der Waals surface area contributed by atoms with Crippen LogP contribution in [0.2, 0.25) is 0 Å². The van der Waals surface area contributed by atoms with Gasteiger partial charge in [0.25, 0.3) is 0 Å². The molecule has 1 aliphatic rings. The lowest BCUT2D eigenvalue weighted by molar-refractivity contribution is 0.134. The quantitative estimate of drug-likeness (QED) is 0.912. The van der Waals surface area contributed by atoms with Gasteiger partial charge in [0.05, 0.1) is 19.3 Å². The second-order valence-electron chi connectivity index (χ2n) is 4.76. The van der Waals surface area contributed by atoms with Gasteiger partial charge in [0.1, 0.15) is 5.82 Å². The van der Waals surface area contributed by atoms with Crippen LogP contribution in [0.1, 0.15) is 28.3 Å². The van der Waals surface area contributed by atoms with Gasteiger partial charge in [0.2, 0.25) is 0 Å². The molecule has 19 heavy (non-hydrogen) atoms. The minimum Gasteiger partial charge on any atom is -0.372 e. The van der Waals surface area contributed by atoms with Crippen molar-refractivity contribution in [3.63, 3.8) is 0 Å². The van der Waals surface area contributed by atoms with Gasteiger partial charge in [-0.05, 0) is 29.8 Å². The van der Waals surface area contributed by atoms with E-state index in [1.807, 2.05) is 25.2 Å². The van der Waals surface area contributed by atoms with E-state index < -0.39 is 0 Å². The Bertz CT molecular complexity index is 597. The molecule has 0 aliphatic carbocycles. The van der Waals surface area contributed by atoms with Crippen LogP contribution in [0, 0.1) is 5.82 Å². The lowest BCUT2D eigenvalue weighted by Crippen LogP contribution is -2.19. The molecule has 0 bridgehead atoms. The van der Waals surface area contributed by atoms with Crippen molar-refractivity contribution >= 4 is 0 Å². The summed E-state index contributed by atoms with van der Waals surface area (Å²) in [7, 11) is 1.85. The van der Waals surface area contributed by atoms with Crippen molar-refractivity contribution in [2.75, 3.05) is 7.05 Å². The van der Waals surface area contributed by atoms with Gasteiger partial charge in [-0.15, -0.1) is 0 Å². The van der Waals surface area contributed by atoms with Crippen molar-refractivity contribution in [3.8, 4) is 0 Å². The minimum atomic E-state index is -0.182. The Morgan fingerprint density at radius 2 is 1.89 bits per heavy atom. The van der Waals surface area contributed by atoms with E-state index in [0.29, 0.717) is 18.8 Å². The summed E-state index contributed by atoms with van der Waals surface area (Å²) < 4.78 is 19.3. The summed E-state index contributed by atoms with van der Waals surface area (Å²) in [6.07, 6.45) is 0. The third-order valence-corrected chi connectivity index (χ3v) is 3.58. The fourth-order valence-electron chi connectivity index (χ4n) is 2.58. The van der Waals surface area contributed by atoms with Crippen LogP contribution in [0.4, 0.5) is 4.39 Å². The second kappa shape index (κ2) is 5.11. The predicted octanol–water partition coefficient (Wildman–Crippen LogP) is 3.16. The Labute approximate surface area is 112 Å². The summed E-state index contributed by atoms with van der Waals surface area (Å²) in [4.78, 5) is 0. The van der Waals surface area contributed by atoms with Gasteiger partial charge in [0.15, 0.2) is 0 Å². The molecule has 0 saturated carbocycles. The van der Waals surface area contributed by atoms with Crippen molar-refractivity contribution in [3.05, 3.63) is 70.5 Å². The van der Waals surface area contributed by atoms with Gasteiger partial charge in [-0.25, -0.2) is 4.39 Å². The zero-order valence-corrected chi connectivity index (χ0v) is 10.8. The van der Waals surface area contributed by atoms with E-state index in [2.05, 4.69) is 17.4 Å². The Kier molecular flexibility index (Phi) is 3.32. The van der Waals surface area contributed by atoms with E-state index in [9.17, 15) is 4.39 Å². The van der Waals surface area contributed by atoms with Crippen molar-refractivity contribution in [2.45, 2.75) is 19.3 Å². The van der Waals surface area contributed by atoms with Crippen LogP contribution >= 0.6 is 0 Å². The lowest BCUT2D eigenvalue weighted by Gasteiger charge is -2.18. The predicted molar refractivity (Wildman–Crippen MR) is 72.2 cm³/mol. The highest BCUT2D eigenvalue weighted by Gasteiger charge is 2.18. The van der Waals surface area contributed by atoms with Crippen LogP contribution in [0.5, 0.6) is 0 Å². The number of halogens is 1. The molecule has 3 rings (SSSR count). The number of benzene rings is 2. The molecule has 0 fully saturated rings. The molecule has 1 heterocycles. The zero-order valence-electron chi connectivity index (χ0n) is 10.8. The average Bonchev–Trinajstić information content (AvgIpc) is 2.89. The smallest absolute Gasteiger partial charge is 0.128 e. The van der Waals surface area contributed by atoms with Crippen molar-refractivity contribution in [1.82, 2.24) is 5.32 Å². The van der Waals surface area contributed by atoms with Crippen molar-refractivity contribution in [2.24, 2.45) is 0 Å². The van der Waals surface area contributed by atoms with Crippen LogP contribution in [0.25, 0.3) is 0 Å². The molecule has 98 valence electrons. The highest BCUT2D eigenvalue weighted by atomic mass is 19.1. The molecule has 0 saturated heterocycles. The topological polar surface area (TPSA) is 21.3 Å². The molecule has 1 unspecified atom stereocenters. The maximum absolute atomic E-state index is 13.9. The number of hydrogen-bond donors (Lipinski definition) is 1. The Balaban J connectivity index is 2.01. The molecule has 1 aliphatic heterocycles. The first kappa shape index (κ1) is 12.3. The summed E-state index contributed by atoms with van der Waals surface area (Å²) in [5, 5.41) is 3.19.